The number of hydrogen-bond acceptors (Lipinski definition) is 3. The van der Waals surface area contributed by atoms with Crippen molar-refractivity contribution < 1.29 is 4.79 Å². The summed E-state index contributed by atoms with van der Waals surface area (Å²) in [6.45, 7) is 4.92. The van der Waals surface area contributed by atoms with E-state index in [9.17, 15) is 4.79 Å². The van der Waals surface area contributed by atoms with Gasteiger partial charge in [0.2, 0.25) is 5.91 Å². The van der Waals surface area contributed by atoms with Crippen LogP contribution in [0, 0.1) is 0 Å². The molecule has 0 saturated carbocycles. The van der Waals surface area contributed by atoms with Gasteiger partial charge in [-0.25, -0.2) is 0 Å². The lowest BCUT2D eigenvalue weighted by molar-refractivity contribution is -0.122. The average Bonchev–Trinajstić information content (AvgIpc) is 2.54. The summed E-state index contributed by atoms with van der Waals surface area (Å²) in [7, 11) is 0. The van der Waals surface area contributed by atoms with Gasteiger partial charge in [-0.15, -0.1) is 24.8 Å². The number of nitrogens with two attached hydrogens (primary N) is 1. The third kappa shape index (κ3) is 7.08. The number of rotatable bonds is 6. The molecule has 0 aromatic heterocycles. The van der Waals surface area contributed by atoms with Gasteiger partial charge in [0.05, 0.1) is 0 Å². The Balaban J connectivity index is 0.00000242. The molecule has 1 aliphatic heterocycles. The molecule has 1 aromatic rings. The molecular weight excluding hydrogens is 333 g/mol. The Hall–Kier alpha value is -0.810. The lowest BCUT2D eigenvalue weighted by atomic mass is 10.00. The highest BCUT2D eigenvalue weighted by molar-refractivity contribution is 5.85. The number of carbonyl (C=O) groups excluding carboxylic acids is 1. The average molecular weight is 362 g/mol. The normalized spacial score (nSPS) is 16.8. The molecule has 1 fully saturated rings. The van der Waals surface area contributed by atoms with Gasteiger partial charge in [0.1, 0.15) is 0 Å². The van der Waals surface area contributed by atoms with E-state index in [1.165, 1.54) is 5.56 Å². The van der Waals surface area contributed by atoms with Crippen LogP contribution in [0.25, 0.3) is 0 Å². The lowest BCUT2D eigenvalue weighted by Crippen LogP contribution is -2.45. The standard InChI is InChI=1S/C17H27N3O.2ClH/c1-14(15-6-3-2-4-7-15)20-12-9-16(10-13-20)19-17(21)8-5-11-18;;/h2-4,6-7,14,16H,5,8-13,18H2,1H3,(H,19,21);2*1H. The van der Waals surface area contributed by atoms with Crippen molar-refractivity contribution in [2.24, 2.45) is 5.73 Å². The van der Waals surface area contributed by atoms with Crippen LogP contribution in [0.5, 0.6) is 0 Å². The Morgan fingerprint density at radius 1 is 1.26 bits per heavy atom. The lowest BCUT2D eigenvalue weighted by Gasteiger charge is -2.36. The molecule has 1 aromatic carbocycles. The smallest absolute Gasteiger partial charge is 0.220 e. The fourth-order valence-corrected chi connectivity index (χ4v) is 2.94. The first-order valence-corrected chi connectivity index (χ1v) is 7.99. The van der Waals surface area contributed by atoms with Gasteiger partial charge >= 0.3 is 0 Å². The largest absolute Gasteiger partial charge is 0.353 e. The Morgan fingerprint density at radius 2 is 1.87 bits per heavy atom. The Morgan fingerprint density at radius 3 is 2.43 bits per heavy atom. The van der Waals surface area contributed by atoms with Crippen molar-refractivity contribution in [1.29, 1.82) is 0 Å². The predicted molar refractivity (Wildman–Crippen MR) is 100 cm³/mol. The fourth-order valence-electron chi connectivity index (χ4n) is 2.94. The summed E-state index contributed by atoms with van der Waals surface area (Å²) in [6, 6.07) is 11.4. The maximum absolute atomic E-state index is 11.7. The van der Waals surface area contributed by atoms with E-state index >= 15 is 0 Å². The molecule has 0 bridgehead atoms. The first-order valence-electron chi connectivity index (χ1n) is 7.99. The van der Waals surface area contributed by atoms with Crippen LogP contribution in [0.1, 0.15) is 44.2 Å². The molecule has 1 aliphatic rings. The second-order valence-electron chi connectivity index (χ2n) is 5.86. The Bertz CT molecular complexity index is 437. The van der Waals surface area contributed by atoms with Crippen LogP contribution < -0.4 is 11.1 Å². The van der Waals surface area contributed by atoms with Gasteiger partial charge < -0.3 is 11.1 Å². The highest BCUT2D eigenvalue weighted by atomic mass is 35.5. The Kier molecular flexibility index (Phi) is 11.3. The minimum absolute atomic E-state index is 0. The molecular formula is C17H29Cl2N3O. The first-order chi connectivity index (χ1) is 10.2. The first kappa shape index (κ1) is 22.2. The SMILES string of the molecule is CC(c1ccccc1)N1CCC(NC(=O)CCCN)CC1.Cl.Cl. The van der Waals surface area contributed by atoms with Gasteiger partial charge in [-0.2, -0.15) is 0 Å². The number of amides is 1. The summed E-state index contributed by atoms with van der Waals surface area (Å²) in [4.78, 5) is 14.2. The summed E-state index contributed by atoms with van der Waals surface area (Å²) in [5, 5.41) is 3.13. The van der Waals surface area contributed by atoms with Gasteiger partial charge in [-0.1, -0.05) is 30.3 Å². The molecule has 3 N–H and O–H groups in total. The number of benzene rings is 1. The van der Waals surface area contributed by atoms with Gasteiger partial charge in [0, 0.05) is 31.6 Å². The zero-order valence-electron chi connectivity index (χ0n) is 13.7. The number of likely N-dealkylation sites (tertiary alicyclic amines) is 1. The van der Waals surface area contributed by atoms with Crippen molar-refractivity contribution in [3.8, 4) is 0 Å². The zero-order chi connectivity index (χ0) is 15.1. The molecule has 0 aliphatic carbocycles. The minimum Gasteiger partial charge on any atom is -0.353 e. The third-order valence-electron chi connectivity index (χ3n) is 4.33. The molecule has 0 radical (unpaired) electrons. The summed E-state index contributed by atoms with van der Waals surface area (Å²) in [5.74, 6) is 0.148. The summed E-state index contributed by atoms with van der Waals surface area (Å²) in [5.41, 5.74) is 6.79. The van der Waals surface area contributed by atoms with E-state index in [1.807, 2.05) is 0 Å². The predicted octanol–water partition coefficient (Wildman–Crippen LogP) is 2.91. The molecule has 132 valence electrons. The molecule has 1 heterocycles. The molecule has 6 heteroatoms. The van der Waals surface area contributed by atoms with Gasteiger partial charge in [0.15, 0.2) is 0 Å². The third-order valence-corrected chi connectivity index (χ3v) is 4.33. The van der Waals surface area contributed by atoms with E-state index in [1.54, 1.807) is 0 Å². The number of nitrogens with zero attached hydrogens (tertiary/aromatic N) is 1. The minimum atomic E-state index is 0. The molecule has 1 amide bonds. The molecule has 0 spiro atoms. The van der Waals surface area contributed by atoms with Crippen molar-refractivity contribution in [2.75, 3.05) is 19.6 Å². The number of carbonyl (C=O) groups is 1. The second kappa shape index (κ2) is 11.7. The topological polar surface area (TPSA) is 58.4 Å². The zero-order valence-corrected chi connectivity index (χ0v) is 15.4. The molecule has 1 saturated heterocycles. The van der Waals surface area contributed by atoms with Crippen molar-refractivity contribution >= 4 is 30.7 Å². The van der Waals surface area contributed by atoms with Crippen LogP contribution in [0.3, 0.4) is 0 Å². The number of halogens is 2. The Labute approximate surface area is 152 Å². The fraction of sp³-hybridized carbons (Fsp3) is 0.588. The number of piperidine rings is 1. The van der Waals surface area contributed by atoms with Crippen molar-refractivity contribution in [2.45, 2.75) is 44.7 Å². The maximum Gasteiger partial charge on any atom is 0.220 e. The molecule has 23 heavy (non-hydrogen) atoms. The van der Waals surface area contributed by atoms with Crippen LogP contribution in [-0.4, -0.2) is 36.5 Å². The van der Waals surface area contributed by atoms with Crippen molar-refractivity contribution in [1.82, 2.24) is 10.2 Å². The molecule has 2 rings (SSSR count). The van der Waals surface area contributed by atoms with Crippen molar-refractivity contribution in [3.05, 3.63) is 35.9 Å². The highest BCUT2D eigenvalue weighted by Gasteiger charge is 2.24. The van der Waals surface area contributed by atoms with Gasteiger partial charge in [0.25, 0.3) is 0 Å². The van der Waals surface area contributed by atoms with Gasteiger partial charge in [-0.3, -0.25) is 9.69 Å². The summed E-state index contributed by atoms with van der Waals surface area (Å²) >= 11 is 0. The summed E-state index contributed by atoms with van der Waals surface area (Å²) < 4.78 is 0. The van der Waals surface area contributed by atoms with Crippen LogP contribution in [0.4, 0.5) is 0 Å². The quantitative estimate of drug-likeness (QED) is 0.818. The van der Waals surface area contributed by atoms with Gasteiger partial charge in [-0.05, 0) is 38.3 Å². The number of nitrogens with one attached hydrogen (secondary N) is 1. The van der Waals surface area contributed by atoms with Crippen molar-refractivity contribution in [3.63, 3.8) is 0 Å². The molecule has 1 unspecified atom stereocenters. The maximum atomic E-state index is 11.7. The van der Waals surface area contributed by atoms with E-state index in [0.717, 1.165) is 32.4 Å². The monoisotopic (exact) mass is 361 g/mol. The van der Waals surface area contributed by atoms with E-state index in [4.69, 9.17) is 5.73 Å². The molecule has 4 nitrogen and oxygen atoms in total. The number of hydrogen-bond donors (Lipinski definition) is 2. The highest BCUT2D eigenvalue weighted by Crippen LogP contribution is 2.23. The van der Waals surface area contributed by atoms with Crippen LogP contribution >= 0.6 is 24.8 Å². The van der Waals surface area contributed by atoms with Crippen LogP contribution in [0.2, 0.25) is 0 Å². The second-order valence-corrected chi connectivity index (χ2v) is 5.86. The van der Waals surface area contributed by atoms with E-state index in [0.29, 0.717) is 25.0 Å². The van der Waals surface area contributed by atoms with E-state index in [-0.39, 0.29) is 30.7 Å². The molecule has 1 atom stereocenters. The van der Waals surface area contributed by atoms with Crippen LogP contribution in [-0.2, 0) is 4.79 Å². The van der Waals surface area contributed by atoms with E-state index in [2.05, 4.69) is 47.5 Å². The van der Waals surface area contributed by atoms with E-state index < -0.39 is 0 Å². The van der Waals surface area contributed by atoms with Crippen LogP contribution in [0.15, 0.2) is 30.3 Å². The summed E-state index contributed by atoms with van der Waals surface area (Å²) in [6.07, 6.45) is 3.39.